The fraction of sp³-hybridized carbons (Fsp3) is 0. The van der Waals surface area contributed by atoms with E-state index in [0.717, 1.165) is 8.95 Å². The second-order valence-electron chi connectivity index (χ2n) is 7.80. The molecule has 4 rings (SSSR count). The maximum absolute atomic E-state index is 11.7. The summed E-state index contributed by atoms with van der Waals surface area (Å²) in [5, 5.41) is 49.4. The first-order valence-corrected chi connectivity index (χ1v) is 12.9. The Morgan fingerprint density at radius 2 is 1.02 bits per heavy atom. The third kappa shape index (κ3) is 10.1. The molecule has 0 aliphatic rings. The number of nitrogens with one attached hydrogen (secondary N) is 2. The van der Waals surface area contributed by atoms with E-state index in [2.05, 4.69) is 52.9 Å². The minimum atomic E-state index is -0.554. The summed E-state index contributed by atoms with van der Waals surface area (Å²) in [4.78, 5) is 23.5. The molecule has 0 aliphatic carbocycles. The quantitative estimate of drug-likeness (QED) is 0.173. The van der Waals surface area contributed by atoms with E-state index in [-0.39, 0.29) is 50.9 Å². The van der Waals surface area contributed by atoms with Gasteiger partial charge in [0.2, 0.25) is 0 Å². The molecule has 13 heteroatoms. The van der Waals surface area contributed by atoms with Crippen LogP contribution in [0.3, 0.4) is 0 Å². The Labute approximate surface area is 261 Å². The minimum absolute atomic E-state index is 0. The van der Waals surface area contributed by atoms with Crippen LogP contribution in [0, 0.1) is 0 Å². The Hall–Kier alpha value is -4.17. The molecule has 41 heavy (non-hydrogen) atoms. The molecule has 0 aromatic heterocycles. The van der Waals surface area contributed by atoms with Gasteiger partial charge in [0.1, 0.15) is 11.5 Å². The Morgan fingerprint density at radius 3 is 1.39 bits per heavy atom. The molecular formula is C28H20Br2CoN4O6. The molecule has 0 bridgehead atoms. The van der Waals surface area contributed by atoms with Gasteiger partial charge in [0.15, 0.2) is 0 Å². The number of hydrogen-bond acceptors (Lipinski definition) is 8. The number of hydrazone groups is 2. The van der Waals surface area contributed by atoms with Crippen LogP contribution in [0.1, 0.15) is 31.8 Å². The molecule has 4 N–H and O–H groups in total. The first-order chi connectivity index (χ1) is 19.2. The summed E-state index contributed by atoms with van der Waals surface area (Å²) in [6.45, 7) is 0. The van der Waals surface area contributed by atoms with E-state index in [0.29, 0.717) is 11.1 Å². The topological polar surface area (TPSA) is 169 Å². The Kier molecular flexibility index (Phi) is 13.0. The predicted molar refractivity (Wildman–Crippen MR) is 154 cm³/mol. The summed E-state index contributed by atoms with van der Waals surface area (Å²) in [6.07, 6.45) is 2.51. The van der Waals surface area contributed by atoms with Crippen molar-refractivity contribution in [1.29, 1.82) is 0 Å². The van der Waals surface area contributed by atoms with Crippen molar-refractivity contribution < 1.29 is 46.8 Å². The molecule has 0 atom stereocenters. The van der Waals surface area contributed by atoms with Crippen LogP contribution in [0.25, 0.3) is 0 Å². The van der Waals surface area contributed by atoms with Crippen molar-refractivity contribution in [2.75, 3.05) is 0 Å². The van der Waals surface area contributed by atoms with Crippen LogP contribution in [0.5, 0.6) is 23.0 Å². The van der Waals surface area contributed by atoms with Crippen molar-refractivity contribution in [2.24, 2.45) is 10.2 Å². The number of benzene rings is 4. The van der Waals surface area contributed by atoms with Crippen molar-refractivity contribution in [3.63, 3.8) is 0 Å². The van der Waals surface area contributed by atoms with E-state index < -0.39 is 11.8 Å². The molecule has 0 heterocycles. The SMILES string of the molecule is O=C(N/N=C/c1cc(Br)ccc1[O-])c1ccccc1O.O=C(NN=Cc1cc(Br)ccc1[O-])c1ccccc1O.[Co+2]. The average molecular weight is 727 g/mol. The number of rotatable bonds is 6. The van der Waals surface area contributed by atoms with E-state index in [1.165, 1.54) is 48.8 Å². The van der Waals surface area contributed by atoms with Crippen molar-refractivity contribution in [1.82, 2.24) is 10.9 Å². The zero-order valence-electron chi connectivity index (χ0n) is 20.7. The number of aromatic hydroxyl groups is 2. The third-order valence-electron chi connectivity index (χ3n) is 4.98. The van der Waals surface area contributed by atoms with E-state index in [9.17, 15) is 30.0 Å². The van der Waals surface area contributed by atoms with Crippen LogP contribution < -0.4 is 21.1 Å². The molecule has 0 aliphatic heterocycles. The number of amides is 2. The van der Waals surface area contributed by atoms with Crippen LogP contribution in [0.2, 0.25) is 0 Å². The molecular weight excluding hydrogens is 707 g/mol. The molecule has 0 saturated heterocycles. The van der Waals surface area contributed by atoms with Gasteiger partial charge >= 0.3 is 16.8 Å². The number of hydrogen-bond donors (Lipinski definition) is 4. The van der Waals surface area contributed by atoms with Crippen molar-refractivity contribution in [3.8, 4) is 23.0 Å². The first-order valence-electron chi connectivity index (χ1n) is 11.3. The fourth-order valence-electron chi connectivity index (χ4n) is 3.01. The van der Waals surface area contributed by atoms with Gasteiger partial charge in [-0.15, -0.1) is 0 Å². The fourth-order valence-corrected chi connectivity index (χ4v) is 3.77. The number of halogens is 2. The van der Waals surface area contributed by atoms with Gasteiger partial charge in [-0.2, -0.15) is 10.2 Å². The van der Waals surface area contributed by atoms with Crippen molar-refractivity contribution >= 4 is 56.1 Å². The molecule has 211 valence electrons. The number of para-hydroxylation sites is 2. The van der Waals surface area contributed by atoms with E-state index in [4.69, 9.17) is 0 Å². The van der Waals surface area contributed by atoms with Gasteiger partial charge in [-0.3, -0.25) is 9.59 Å². The van der Waals surface area contributed by atoms with Gasteiger partial charge in [-0.25, -0.2) is 10.9 Å². The molecule has 4 aromatic carbocycles. The van der Waals surface area contributed by atoms with Crippen LogP contribution in [-0.4, -0.2) is 34.5 Å². The van der Waals surface area contributed by atoms with Crippen LogP contribution in [0.15, 0.2) is 104 Å². The van der Waals surface area contributed by atoms with E-state index in [1.54, 1.807) is 48.5 Å². The Morgan fingerprint density at radius 1 is 0.659 bits per heavy atom. The number of phenolic OH excluding ortho intramolecular Hbond substituents is 2. The minimum Gasteiger partial charge on any atom is -0.872 e. The van der Waals surface area contributed by atoms with Crippen LogP contribution in [-0.2, 0) is 16.8 Å². The number of phenols is 2. The maximum Gasteiger partial charge on any atom is 2.00 e. The molecule has 0 spiro atoms. The number of nitrogens with zero attached hydrogens (tertiary/aromatic N) is 2. The van der Waals surface area contributed by atoms with Gasteiger partial charge in [-0.1, -0.05) is 79.8 Å². The summed E-state index contributed by atoms with van der Waals surface area (Å²) in [5.41, 5.74) is 5.42. The van der Waals surface area contributed by atoms with E-state index >= 15 is 0 Å². The first kappa shape index (κ1) is 33.0. The van der Waals surface area contributed by atoms with Gasteiger partial charge < -0.3 is 20.4 Å². The summed E-state index contributed by atoms with van der Waals surface area (Å²) in [6, 6.07) is 21.5. The van der Waals surface area contributed by atoms with Gasteiger partial charge in [0.05, 0.1) is 23.6 Å². The molecule has 4 aromatic rings. The number of carbonyl (C=O) groups is 2. The molecule has 0 unspecified atom stereocenters. The predicted octanol–water partition coefficient (Wildman–Crippen LogP) is 3.98. The Bertz CT molecular complexity index is 1470. The zero-order valence-corrected chi connectivity index (χ0v) is 25.0. The maximum atomic E-state index is 11.7. The molecule has 1 radical (unpaired) electrons. The largest absolute Gasteiger partial charge is 2.00 e. The second-order valence-corrected chi connectivity index (χ2v) is 9.63. The summed E-state index contributed by atoms with van der Waals surface area (Å²) >= 11 is 6.48. The monoisotopic (exact) mass is 725 g/mol. The molecule has 2 amide bonds. The van der Waals surface area contributed by atoms with E-state index in [1.807, 2.05) is 0 Å². The Balaban J connectivity index is 0.000000280. The van der Waals surface area contributed by atoms with Crippen LogP contribution in [0.4, 0.5) is 0 Å². The summed E-state index contributed by atoms with van der Waals surface area (Å²) in [7, 11) is 0. The third-order valence-corrected chi connectivity index (χ3v) is 5.97. The number of carbonyl (C=O) groups excluding carboxylic acids is 2. The normalized spacial score (nSPS) is 10.4. The molecule has 10 nitrogen and oxygen atoms in total. The molecule has 0 saturated carbocycles. The zero-order chi connectivity index (χ0) is 29.1. The second kappa shape index (κ2) is 16.2. The summed E-state index contributed by atoms with van der Waals surface area (Å²) < 4.78 is 1.48. The van der Waals surface area contributed by atoms with Crippen molar-refractivity contribution in [3.05, 3.63) is 116 Å². The van der Waals surface area contributed by atoms with Crippen LogP contribution >= 0.6 is 31.9 Å². The van der Waals surface area contributed by atoms with Crippen molar-refractivity contribution in [2.45, 2.75) is 0 Å². The standard InChI is InChI=1S/2C14H11BrN2O3.Co/c2*15-10-5-6-12(18)9(7-10)8-16-17-14(20)11-3-1-2-4-13(11)19;/h2*1-8,18-19H,(H,17,20);/q;;+2/p-2/b16-8+;;. The molecule has 0 fully saturated rings. The summed E-state index contributed by atoms with van der Waals surface area (Å²) in [5.74, 6) is -1.77. The average Bonchev–Trinajstić information content (AvgIpc) is 2.93. The smallest absolute Gasteiger partial charge is 0.872 e. The van der Waals surface area contributed by atoms with Gasteiger partial charge in [0.25, 0.3) is 11.8 Å². The van der Waals surface area contributed by atoms with Gasteiger partial charge in [-0.05, 0) is 59.7 Å². The van der Waals surface area contributed by atoms with Gasteiger partial charge in [0, 0.05) is 8.95 Å².